The Morgan fingerprint density at radius 2 is 2.05 bits per heavy atom. The lowest BCUT2D eigenvalue weighted by atomic mass is 9.96. The van der Waals surface area contributed by atoms with Crippen molar-refractivity contribution in [2.24, 2.45) is 5.92 Å². The van der Waals surface area contributed by atoms with Crippen molar-refractivity contribution < 1.29 is 4.39 Å². The van der Waals surface area contributed by atoms with Gasteiger partial charge in [-0.25, -0.2) is 9.37 Å². The highest BCUT2D eigenvalue weighted by molar-refractivity contribution is 6.16. The summed E-state index contributed by atoms with van der Waals surface area (Å²) in [6, 6.07) is 3.89. The number of aromatic nitrogens is 2. The fraction of sp³-hybridized carbons (Fsp3) is 0.588. The number of benzene rings is 1. The van der Waals surface area contributed by atoms with Gasteiger partial charge in [-0.2, -0.15) is 0 Å². The largest absolute Gasteiger partial charge is 0.324 e. The summed E-state index contributed by atoms with van der Waals surface area (Å²) in [6.45, 7) is 4.12. The second-order valence-corrected chi connectivity index (χ2v) is 6.57. The molecule has 1 aromatic carbocycles. The molecule has 0 saturated heterocycles. The predicted octanol–water partition coefficient (Wildman–Crippen LogP) is 5.36. The van der Waals surface area contributed by atoms with Crippen LogP contribution in [0.2, 0.25) is 0 Å². The summed E-state index contributed by atoms with van der Waals surface area (Å²) in [7, 11) is 0. The molecule has 3 rings (SSSR count). The van der Waals surface area contributed by atoms with Crippen LogP contribution in [0.1, 0.15) is 56.5 Å². The van der Waals surface area contributed by atoms with E-state index in [0.717, 1.165) is 23.3 Å². The summed E-state index contributed by atoms with van der Waals surface area (Å²) in [5, 5.41) is 0. The van der Waals surface area contributed by atoms with E-state index in [2.05, 4.69) is 16.5 Å². The maximum Gasteiger partial charge on any atom is 0.128 e. The monoisotopic (exact) mass is 308 g/mol. The summed E-state index contributed by atoms with van der Waals surface area (Å²) < 4.78 is 16.1. The maximum absolute atomic E-state index is 13.8. The van der Waals surface area contributed by atoms with E-state index in [1.165, 1.54) is 25.7 Å². The predicted molar refractivity (Wildman–Crippen MR) is 85.3 cm³/mol. The van der Waals surface area contributed by atoms with Crippen molar-refractivity contribution in [1.29, 1.82) is 0 Å². The number of halogens is 2. The Morgan fingerprint density at radius 1 is 1.29 bits per heavy atom. The fourth-order valence-electron chi connectivity index (χ4n) is 3.59. The zero-order valence-corrected chi connectivity index (χ0v) is 13.5. The van der Waals surface area contributed by atoms with Crippen LogP contribution in [0.25, 0.3) is 11.0 Å². The van der Waals surface area contributed by atoms with E-state index in [-0.39, 0.29) is 5.82 Å². The summed E-state index contributed by atoms with van der Waals surface area (Å²) in [5.74, 6) is 1.66. The molecule has 1 saturated carbocycles. The van der Waals surface area contributed by atoms with Crippen LogP contribution in [0, 0.1) is 18.7 Å². The standard InChI is InChI=1S/C17H22ClFN2/c1-11-6-4-3-5-7-15(11)21-16-8-12(2)13(19)9-14(16)20-17(21)10-18/h8-9,11,15H,3-7,10H2,1-2H3. The van der Waals surface area contributed by atoms with Crippen LogP contribution in [0.15, 0.2) is 12.1 Å². The lowest BCUT2D eigenvalue weighted by molar-refractivity contribution is 0.335. The average molecular weight is 309 g/mol. The Balaban J connectivity index is 2.17. The molecular weight excluding hydrogens is 287 g/mol. The molecule has 2 unspecified atom stereocenters. The SMILES string of the molecule is Cc1cc2c(cc1F)nc(CCl)n2C1CCCCCC1C. The average Bonchev–Trinajstić information content (AvgIpc) is 2.66. The quantitative estimate of drug-likeness (QED) is 0.539. The fourth-order valence-corrected chi connectivity index (χ4v) is 3.78. The summed E-state index contributed by atoms with van der Waals surface area (Å²) in [5.41, 5.74) is 2.43. The lowest BCUT2D eigenvalue weighted by Crippen LogP contribution is -2.18. The number of nitrogens with zero attached hydrogens (tertiary/aromatic N) is 2. The first-order chi connectivity index (χ1) is 10.1. The highest BCUT2D eigenvalue weighted by Crippen LogP contribution is 2.36. The Hall–Kier alpha value is -1.09. The van der Waals surface area contributed by atoms with Crippen LogP contribution in [-0.4, -0.2) is 9.55 Å². The second-order valence-electron chi connectivity index (χ2n) is 6.30. The highest BCUT2D eigenvalue weighted by atomic mass is 35.5. The van der Waals surface area contributed by atoms with Crippen LogP contribution in [0.3, 0.4) is 0 Å². The van der Waals surface area contributed by atoms with Gasteiger partial charge in [-0.3, -0.25) is 0 Å². The molecule has 4 heteroatoms. The third-order valence-electron chi connectivity index (χ3n) is 4.81. The smallest absolute Gasteiger partial charge is 0.128 e. The number of fused-ring (bicyclic) bond motifs is 1. The zero-order chi connectivity index (χ0) is 15.0. The molecule has 1 aliphatic carbocycles. The molecule has 0 N–H and O–H groups in total. The van der Waals surface area contributed by atoms with Crippen LogP contribution in [0.5, 0.6) is 0 Å². The molecule has 21 heavy (non-hydrogen) atoms. The third-order valence-corrected chi connectivity index (χ3v) is 5.05. The number of rotatable bonds is 2. The minimum atomic E-state index is -0.192. The first kappa shape index (κ1) is 14.8. The Kier molecular flexibility index (Phi) is 4.21. The zero-order valence-electron chi connectivity index (χ0n) is 12.7. The first-order valence-corrected chi connectivity index (χ1v) is 8.38. The molecule has 114 valence electrons. The molecule has 0 aliphatic heterocycles. The summed E-state index contributed by atoms with van der Waals surface area (Å²) >= 11 is 6.11. The molecule has 1 heterocycles. The van der Waals surface area contributed by atoms with Gasteiger partial charge in [0.05, 0.1) is 16.9 Å². The molecule has 2 atom stereocenters. The second kappa shape index (κ2) is 5.96. The van der Waals surface area contributed by atoms with Gasteiger partial charge in [-0.15, -0.1) is 11.6 Å². The van der Waals surface area contributed by atoms with Crippen LogP contribution >= 0.6 is 11.6 Å². The lowest BCUT2D eigenvalue weighted by Gasteiger charge is -2.25. The van der Waals surface area contributed by atoms with Gasteiger partial charge >= 0.3 is 0 Å². The third kappa shape index (κ3) is 2.68. The first-order valence-electron chi connectivity index (χ1n) is 7.84. The van der Waals surface area contributed by atoms with Gasteiger partial charge in [0.1, 0.15) is 11.6 Å². The normalized spacial score (nSPS) is 23.4. The van der Waals surface area contributed by atoms with Crippen molar-refractivity contribution in [1.82, 2.24) is 9.55 Å². The van der Waals surface area contributed by atoms with Crippen LogP contribution < -0.4 is 0 Å². The van der Waals surface area contributed by atoms with Gasteiger partial charge in [0, 0.05) is 12.1 Å². The van der Waals surface area contributed by atoms with Crippen molar-refractivity contribution in [2.45, 2.75) is 57.9 Å². The molecule has 0 amide bonds. The van der Waals surface area contributed by atoms with Crippen molar-refractivity contribution in [3.05, 3.63) is 29.3 Å². The number of hydrogen-bond donors (Lipinski definition) is 0. The minimum Gasteiger partial charge on any atom is -0.324 e. The van der Waals surface area contributed by atoms with Gasteiger partial charge in [-0.1, -0.05) is 26.2 Å². The van der Waals surface area contributed by atoms with Gasteiger partial charge in [0.25, 0.3) is 0 Å². The minimum absolute atomic E-state index is 0.192. The molecule has 0 radical (unpaired) electrons. The van der Waals surface area contributed by atoms with E-state index >= 15 is 0 Å². The molecule has 2 nitrogen and oxygen atoms in total. The van der Waals surface area contributed by atoms with E-state index in [4.69, 9.17) is 11.6 Å². The molecule has 1 aromatic heterocycles. The molecule has 1 aliphatic rings. The Morgan fingerprint density at radius 3 is 2.81 bits per heavy atom. The highest BCUT2D eigenvalue weighted by Gasteiger charge is 2.25. The number of aryl methyl sites for hydroxylation is 1. The van der Waals surface area contributed by atoms with Crippen molar-refractivity contribution in [3.8, 4) is 0 Å². The van der Waals surface area contributed by atoms with E-state index in [1.54, 1.807) is 6.07 Å². The van der Waals surface area contributed by atoms with E-state index in [0.29, 0.717) is 23.4 Å². The number of alkyl halides is 1. The maximum atomic E-state index is 13.8. The van der Waals surface area contributed by atoms with Crippen LogP contribution in [0.4, 0.5) is 4.39 Å². The van der Waals surface area contributed by atoms with Crippen molar-refractivity contribution in [2.75, 3.05) is 0 Å². The number of hydrogen-bond acceptors (Lipinski definition) is 1. The molecule has 0 spiro atoms. The van der Waals surface area contributed by atoms with E-state index < -0.39 is 0 Å². The Labute approximate surface area is 130 Å². The van der Waals surface area contributed by atoms with E-state index in [9.17, 15) is 4.39 Å². The Bertz CT molecular complexity index is 650. The van der Waals surface area contributed by atoms with E-state index in [1.807, 2.05) is 13.0 Å². The summed E-state index contributed by atoms with van der Waals surface area (Å²) in [4.78, 5) is 4.56. The molecular formula is C17H22ClFN2. The van der Waals surface area contributed by atoms with Crippen LogP contribution in [-0.2, 0) is 5.88 Å². The summed E-state index contributed by atoms with van der Waals surface area (Å²) in [6.07, 6.45) is 6.25. The van der Waals surface area contributed by atoms with Crippen molar-refractivity contribution in [3.63, 3.8) is 0 Å². The van der Waals surface area contributed by atoms with Gasteiger partial charge in [-0.05, 0) is 37.3 Å². The molecule has 2 aromatic rings. The topological polar surface area (TPSA) is 17.8 Å². The van der Waals surface area contributed by atoms with Crippen molar-refractivity contribution >= 4 is 22.6 Å². The molecule has 1 fully saturated rings. The van der Waals surface area contributed by atoms with Gasteiger partial charge in [0.2, 0.25) is 0 Å². The molecule has 0 bridgehead atoms. The number of imidazole rings is 1. The van der Waals surface area contributed by atoms with Gasteiger partial charge < -0.3 is 4.57 Å². The van der Waals surface area contributed by atoms with Gasteiger partial charge in [0.15, 0.2) is 0 Å².